The highest BCUT2D eigenvalue weighted by Crippen LogP contribution is 2.39. The van der Waals surface area contributed by atoms with Crippen LogP contribution in [0.2, 0.25) is 0 Å². The zero-order valence-corrected chi connectivity index (χ0v) is 20.7. The molecule has 0 fully saturated rings. The van der Waals surface area contributed by atoms with Crippen molar-refractivity contribution in [1.29, 1.82) is 0 Å². The number of aromatic nitrogens is 3. The number of halogens is 1. The Morgan fingerprint density at radius 3 is 2.47 bits per heavy atom. The second kappa shape index (κ2) is 9.21. The van der Waals surface area contributed by atoms with Crippen molar-refractivity contribution in [2.45, 2.75) is 57.1 Å². The Hall–Kier alpha value is -3.20. The van der Waals surface area contributed by atoms with Crippen LogP contribution in [0.1, 0.15) is 34.6 Å². The number of fused-ring (bicyclic) bond motifs is 1. The van der Waals surface area contributed by atoms with Crippen molar-refractivity contribution in [2.24, 2.45) is 5.92 Å². The van der Waals surface area contributed by atoms with Gasteiger partial charge in [0.05, 0.1) is 22.2 Å². The molecule has 2 aromatic carbocycles. The molecule has 0 aliphatic carbocycles. The Labute approximate surface area is 202 Å². The quantitative estimate of drug-likeness (QED) is 0.502. The first-order valence-electron chi connectivity index (χ1n) is 11.2. The monoisotopic (exact) mass is 481 g/mol. The molecule has 0 bridgehead atoms. The van der Waals surface area contributed by atoms with Crippen LogP contribution in [0.25, 0.3) is 11.4 Å². The van der Waals surface area contributed by atoms with Crippen molar-refractivity contribution in [1.82, 2.24) is 14.8 Å². The predicted molar refractivity (Wildman–Crippen MR) is 132 cm³/mol. The summed E-state index contributed by atoms with van der Waals surface area (Å²) in [5.41, 5.74) is 0.552. The van der Waals surface area contributed by atoms with Crippen molar-refractivity contribution in [3.8, 4) is 11.4 Å². The highest BCUT2D eigenvalue weighted by atomic mass is 32.2. The van der Waals surface area contributed by atoms with Crippen LogP contribution >= 0.6 is 11.8 Å². The van der Waals surface area contributed by atoms with E-state index >= 15 is 0 Å². The van der Waals surface area contributed by atoms with E-state index < -0.39 is 10.8 Å². The standard InChI is InChI=1S/C25H28FN5O2S/c1-15(2)14-30-21(17-10-6-7-11-18(17)26)28-29-24(30)34-16(3)22(32)31-20-13-9-8-12-19(20)27-23(33)25(31,4)5/h6-13,15-16H,14H2,1-5H3,(H,27,33). The zero-order chi connectivity index (χ0) is 24.6. The Kier molecular flexibility index (Phi) is 6.49. The third kappa shape index (κ3) is 4.32. The molecule has 1 N–H and O–H groups in total. The van der Waals surface area contributed by atoms with Crippen LogP contribution in [0.4, 0.5) is 15.8 Å². The lowest BCUT2D eigenvalue weighted by Crippen LogP contribution is -2.60. The highest BCUT2D eigenvalue weighted by Gasteiger charge is 2.45. The van der Waals surface area contributed by atoms with Crippen LogP contribution < -0.4 is 10.2 Å². The first-order chi connectivity index (χ1) is 16.1. The average Bonchev–Trinajstić information content (AvgIpc) is 3.15. The lowest BCUT2D eigenvalue weighted by atomic mass is 9.96. The van der Waals surface area contributed by atoms with Gasteiger partial charge in [-0.15, -0.1) is 10.2 Å². The van der Waals surface area contributed by atoms with Crippen LogP contribution in [0.3, 0.4) is 0 Å². The molecule has 4 rings (SSSR count). The minimum Gasteiger partial charge on any atom is -0.322 e. The van der Waals surface area contributed by atoms with E-state index in [4.69, 9.17) is 0 Å². The normalized spacial score (nSPS) is 15.7. The van der Waals surface area contributed by atoms with Gasteiger partial charge in [0.2, 0.25) is 11.8 Å². The highest BCUT2D eigenvalue weighted by molar-refractivity contribution is 8.00. The van der Waals surface area contributed by atoms with Gasteiger partial charge in [-0.25, -0.2) is 4.39 Å². The summed E-state index contributed by atoms with van der Waals surface area (Å²) in [5, 5.41) is 11.4. The second-order valence-electron chi connectivity index (χ2n) is 9.25. The third-order valence-corrected chi connectivity index (χ3v) is 6.81. The van der Waals surface area contributed by atoms with Gasteiger partial charge in [-0.3, -0.25) is 14.5 Å². The molecule has 1 aromatic heterocycles. The lowest BCUT2D eigenvalue weighted by molar-refractivity contribution is -0.126. The molecule has 2 heterocycles. The van der Waals surface area contributed by atoms with E-state index in [0.717, 1.165) is 0 Å². The van der Waals surface area contributed by atoms with Gasteiger partial charge in [-0.1, -0.05) is 49.9 Å². The minimum atomic E-state index is -1.07. The number of anilines is 2. The van der Waals surface area contributed by atoms with Gasteiger partial charge in [0.25, 0.3) is 0 Å². The van der Waals surface area contributed by atoms with E-state index in [9.17, 15) is 14.0 Å². The third-order valence-electron chi connectivity index (χ3n) is 5.74. The summed E-state index contributed by atoms with van der Waals surface area (Å²) in [4.78, 5) is 28.0. The van der Waals surface area contributed by atoms with Gasteiger partial charge < -0.3 is 9.88 Å². The number of nitrogens with zero attached hydrogens (tertiary/aromatic N) is 4. The first kappa shape index (κ1) is 23.9. The molecule has 1 unspecified atom stereocenters. The van der Waals surface area contributed by atoms with Crippen LogP contribution in [0.15, 0.2) is 53.7 Å². The maximum absolute atomic E-state index is 14.5. The number of para-hydroxylation sites is 2. The van der Waals surface area contributed by atoms with Gasteiger partial charge in [-0.05, 0) is 51.0 Å². The molecule has 0 spiro atoms. The fourth-order valence-corrected chi connectivity index (χ4v) is 4.88. The molecule has 0 saturated heterocycles. The topological polar surface area (TPSA) is 80.1 Å². The summed E-state index contributed by atoms with van der Waals surface area (Å²) in [5.74, 6) is -0.163. The SMILES string of the molecule is CC(C)Cn1c(SC(C)C(=O)N2c3ccccc3NC(=O)C2(C)C)nnc1-c1ccccc1F. The largest absolute Gasteiger partial charge is 0.322 e. The zero-order valence-electron chi connectivity index (χ0n) is 19.9. The molecule has 34 heavy (non-hydrogen) atoms. The minimum absolute atomic E-state index is 0.219. The molecule has 3 aromatic rings. The maximum Gasteiger partial charge on any atom is 0.250 e. The van der Waals surface area contributed by atoms with Crippen LogP contribution in [-0.4, -0.2) is 37.4 Å². The maximum atomic E-state index is 14.5. The van der Waals surface area contributed by atoms with E-state index in [2.05, 4.69) is 29.4 Å². The molecule has 1 aliphatic rings. The number of hydrogen-bond donors (Lipinski definition) is 1. The summed E-state index contributed by atoms with van der Waals surface area (Å²) in [6.07, 6.45) is 0. The summed E-state index contributed by atoms with van der Waals surface area (Å²) in [6.45, 7) is 9.92. The van der Waals surface area contributed by atoms with Gasteiger partial charge in [0.15, 0.2) is 11.0 Å². The van der Waals surface area contributed by atoms with Crippen molar-refractivity contribution >= 4 is 35.0 Å². The molecule has 0 saturated carbocycles. The van der Waals surface area contributed by atoms with Crippen molar-refractivity contribution in [2.75, 3.05) is 10.2 Å². The van der Waals surface area contributed by atoms with E-state index in [1.54, 1.807) is 49.9 Å². The average molecular weight is 482 g/mol. The Bertz CT molecular complexity index is 1240. The summed E-state index contributed by atoms with van der Waals surface area (Å²) >= 11 is 1.26. The number of benzene rings is 2. The number of hydrogen-bond acceptors (Lipinski definition) is 5. The molecular formula is C25H28FN5O2S. The summed E-state index contributed by atoms with van der Waals surface area (Å²) in [7, 11) is 0. The Morgan fingerprint density at radius 1 is 1.09 bits per heavy atom. The number of nitrogens with one attached hydrogen (secondary N) is 1. The predicted octanol–water partition coefficient (Wildman–Crippen LogP) is 4.98. The van der Waals surface area contributed by atoms with E-state index in [0.29, 0.717) is 34.5 Å². The molecule has 7 nitrogen and oxygen atoms in total. The lowest BCUT2D eigenvalue weighted by Gasteiger charge is -2.43. The van der Waals surface area contributed by atoms with E-state index in [1.807, 2.05) is 22.8 Å². The van der Waals surface area contributed by atoms with Gasteiger partial charge in [0, 0.05) is 6.54 Å². The smallest absolute Gasteiger partial charge is 0.250 e. The van der Waals surface area contributed by atoms with Crippen LogP contribution in [0.5, 0.6) is 0 Å². The molecule has 1 aliphatic heterocycles. The Morgan fingerprint density at radius 2 is 1.76 bits per heavy atom. The first-order valence-corrected chi connectivity index (χ1v) is 12.1. The summed E-state index contributed by atoms with van der Waals surface area (Å²) < 4.78 is 16.4. The van der Waals surface area contributed by atoms with Gasteiger partial charge in [-0.2, -0.15) is 0 Å². The van der Waals surface area contributed by atoms with Crippen molar-refractivity contribution < 1.29 is 14.0 Å². The van der Waals surface area contributed by atoms with Crippen LogP contribution in [-0.2, 0) is 16.1 Å². The molecule has 1 atom stereocenters. The molecule has 178 valence electrons. The second-order valence-corrected chi connectivity index (χ2v) is 10.6. The van der Waals surface area contributed by atoms with Crippen LogP contribution in [0, 0.1) is 11.7 Å². The van der Waals surface area contributed by atoms with E-state index in [-0.39, 0.29) is 23.5 Å². The fraction of sp³-hybridized carbons (Fsp3) is 0.360. The molecular weight excluding hydrogens is 453 g/mol. The molecule has 9 heteroatoms. The number of rotatable bonds is 6. The number of carbonyl (C=O) groups is 2. The van der Waals surface area contributed by atoms with Crippen molar-refractivity contribution in [3.63, 3.8) is 0 Å². The van der Waals surface area contributed by atoms with Gasteiger partial charge >= 0.3 is 0 Å². The fourth-order valence-electron chi connectivity index (χ4n) is 3.98. The van der Waals surface area contributed by atoms with E-state index in [1.165, 1.54) is 17.8 Å². The van der Waals surface area contributed by atoms with Crippen molar-refractivity contribution in [3.05, 3.63) is 54.3 Å². The number of carbonyl (C=O) groups excluding carboxylic acids is 2. The summed E-state index contributed by atoms with van der Waals surface area (Å²) in [6, 6.07) is 13.7. The molecule has 2 amide bonds. The van der Waals surface area contributed by atoms with Gasteiger partial charge in [0.1, 0.15) is 11.4 Å². The molecule has 0 radical (unpaired) electrons. The Balaban J connectivity index is 1.68. The number of thioether (sulfide) groups is 1. The number of amides is 2.